The number of carbonyl (C=O) groups excluding carboxylic acids is 2. The fourth-order valence-corrected chi connectivity index (χ4v) is 7.41. The number of aryl methyl sites for hydroxylation is 2. The molecule has 0 aromatic carbocycles. The lowest BCUT2D eigenvalue weighted by molar-refractivity contribution is -0.161. The molecule has 0 aliphatic heterocycles. The van der Waals surface area contributed by atoms with E-state index in [9.17, 15) is 24.2 Å². The lowest BCUT2D eigenvalue weighted by Crippen LogP contribution is -2.29. The summed E-state index contributed by atoms with van der Waals surface area (Å²) in [4.78, 5) is 35.0. The molecule has 4 N–H and O–H groups in total. The van der Waals surface area contributed by atoms with Crippen LogP contribution in [0.15, 0.2) is 40.9 Å². The fourth-order valence-electron chi connectivity index (χ4n) is 6.64. The van der Waals surface area contributed by atoms with Crippen LogP contribution in [0.5, 0.6) is 0 Å². The Bertz CT molecular complexity index is 1360. The second-order valence-corrected chi connectivity index (χ2v) is 17.1. The van der Waals surface area contributed by atoms with E-state index in [1.807, 2.05) is 18.2 Å². The van der Waals surface area contributed by atoms with Crippen molar-refractivity contribution >= 4 is 19.8 Å². The van der Waals surface area contributed by atoms with Crippen molar-refractivity contribution in [3.63, 3.8) is 0 Å². The summed E-state index contributed by atoms with van der Waals surface area (Å²) in [7, 11) is -4.41. The number of aliphatic hydroxyl groups excluding tert-OH is 1. The Kier molecular flexibility index (Phi) is 33.4. The summed E-state index contributed by atoms with van der Waals surface area (Å²) in [6.07, 6.45) is 34.4. The maximum Gasteiger partial charge on any atom is 0.472 e. The predicted molar refractivity (Wildman–Crippen MR) is 238 cm³/mol. The van der Waals surface area contributed by atoms with Gasteiger partial charge in [-0.1, -0.05) is 140 Å². The molecule has 0 aliphatic rings. The van der Waals surface area contributed by atoms with Crippen molar-refractivity contribution < 1.29 is 47.1 Å². The van der Waals surface area contributed by atoms with E-state index in [4.69, 9.17) is 28.7 Å². The number of aliphatic hydroxyl groups is 1. The number of nitrogens with two attached hydrogens (primary N) is 1. The molecule has 0 amide bonds. The van der Waals surface area contributed by atoms with Crippen molar-refractivity contribution in [3.05, 3.63) is 59.1 Å². The summed E-state index contributed by atoms with van der Waals surface area (Å²) in [6.45, 7) is 7.82. The Hall–Kier alpha value is -2.53. The first kappa shape index (κ1) is 54.5. The summed E-state index contributed by atoms with van der Waals surface area (Å²) >= 11 is 0. The minimum absolute atomic E-state index is 0.0316. The Morgan fingerprint density at radius 3 is 1.86 bits per heavy atom. The Balaban J connectivity index is 2.25. The van der Waals surface area contributed by atoms with Gasteiger partial charge in [0, 0.05) is 32.2 Å². The van der Waals surface area contributed by atoms with Crippen molar-refractivity contribution in [2.75, 3.05) is 26.4 Å². The zero-order valence-corrected chi connectivity index (χ0v) is 38.2. The molecule has 59 heavy (non-hydrogen) atoms. The SMILES string of the molecule is CC/C=C/C/C=C/C=C/C(O)CCCCCCCC(=O)O[C@H](COC(=O)CCCCCCCCCCCCc1oc(CCCCC)c(C)c1C)COP(=O)(O)OCCN. The number of esters is 2. The molecule has 0 fully saturated rings. The van der Waals surface area contributed by atoms with E-state index < -0.39 is 38.6 Å². The monoisotopic (exact) mass is 852 g/mol. The van der Waals surface area contributed by atoms with E-state index in [0.717, 1.165) is 70.6 Å². The minimum Gasteiger partial charge on any atom is -0.466 e. The van der Waals surface area contributed by atoms with Crippen molar-refractivity contribution in [3.8, 4) is 0 Å². The van der Waals surface area contributed by atoms with Gasteiger partial charge in [0.2, 0.25) is 0 Å². The van der Waals surface area contributed by atoms with Crippen molar-refractivity contribution in [1.82, 2.24) is 0 Å². The highest BCUT2D eigenvalue weighted by Gasteiger charge is 2.26. The topological polar surface area (TPSA) is 168 Å². The standard InChI is InChI=1S/C47H82NO10P/c1-5-7-9-10-15-19-25-30-42(49)31-26-20-18-23-29-35-47(51)57-43(39-56-59(52,53)55-37-36-48)38-54-46(50)34-28-22-17-14-12-11-13-16-21-27-33-45-41(4)40(3)44(58-45)32-24-8-6-2/h7,9,15,19,25,30,42-43,49H,5-6,8,10-14,16-18,20-24,26-29,31-39,48H2,1-4H3,(H,52,53)/b9-7+,19-15+,30-25+/t42?,43-/m1/s1. The number of rotatable bonds is 39. The molecule has 3 atom stereocenters. The number of hydrogen-bond acceptors (Lipinski definition) is 10. The quantitative estimate of drug-likeness (QED) is 0.0189. The Morgan fingerprint density at radius 1 is 0.712 bits per heavy atom. The number of carbonyl (C=O) groups is 2. The van der Waals surface area contributed by atoms with Gasteiger partial charge in [0.25, 0.3) is 0 Å². The first-order valence-electron chi connectivity index (χ1n) is 22.9. The van der Waals surface area contributed by atoms with Gasteiger partial charge in [0.15, 0.2) is 6.10 Å². The molecule has 11 nitrogen and oxygen atoms in total. The molecule has 0 radical (unpaired) electrons. The highest BCUT2D eigenvalue weighted by Crippen LogP contribution is 2.43. The smallest absolute Gasteiger partial charge is 0.466 e. The van der Waals surface area contributed by atoms with Crippen LogP contribution in [0.3, 0.4) is 0 Å². The van der Waals surface area contributed by atoms with Crippen molar-refractivity contribution in [1.29, 1.82) is 0 Å². The van der Waals surface area contributed by atoms with Crippen LogP contribution in [0, 0.1) is 13.8 Å². The molecule has 1 rings (SSSR count). The molecule has 340 valence electrons. The van der Waals surface area contributed by atoms with Crippen LogP contribution in [-0.4, -0.2) is 60.5 Å². The van der Waals surface area contributed by atoms with E-state index in [1.165, 1.54) is 80.4 Å². The summed E-state index contributed by atoms with van der Waals surface area (Å²) in [5.74, 6) is 1.45. The number of allylic oxidation sites excluding steroid dienone is 5. The zero-order chi connectivity index (χ0) is 43.4. The van der Waals surface area contributed by atoms with Crippen LogP contribution in [0.4, 0.5) is 0 Å². The zero-order valence-electron chi connectivity index (χ0n) is 37.3. The summed E-state index contributed by atoms with van der Waals surface area (Å²) in [6, 6.07) is 0. The summed E-state index contributed by atoms with van der Waals surface area (Å²) < 4.78 is 39.0. The van der Waals surface area contributed by atoms with Crippen LogP contribution >= 0.6 is 7.82 Å². The number of phosphoric acid groups is 1. The van der Waals surface area contributed by atoms with E-state index in [0.29, 0.717) is 19.3 Å². The maximum absolute atomic E-state index is 12.6. The molecule has 0 bridgehead atoms. The number of unbranched alkanes of at least 4 members (excludes halogenated alkanes) is 15. The van der Waals surface area contributed by atoms with Gasteiger partial charge in [-0.05, 0) is 69.9 Å². The van der Waals surface area contributed by atoms with Gasteiger partial charge in [-0.3, -0.25) is 18.6 Å². The first-order valence-corrected chi connectivity index (χ1v) is 24.4. The van der Waals surface area contributed by atoms with Crippen LogP contribution in [0.1, 0.15) is 184 Å². The number of hydrogen-bond donors (Lipinski definition) is 3. The molecule has 2 unspecified atom stereocenters. The van der Waals surface area contributed by atoms with Crippen molar-refractivity contribution in [2.24, 2.45) is 5.73 Å². The van der Waals surface area contributed by atoms with Gasteiger partial charge in [0.1, 0.15) is 18.1 Å². The minimum atomic E-state index is -4.41. The average Bonchev–Trinajstić information content (AvgIpc) is 3.48. The third kappa shape index (κ3) is 30.2. The van der Waals surface area contributed by atoms with Crippen molar-refractivity contribution in [2.45, 2.75) is 200 Å². The van der Waals surface area contributed by atoms with Gasteiger partial charge in [-0.15, -0.1) is 0 Å². The number of ether oxygens (including phenoxy) is 2. The molecule has 12 heteroatoms. The fraction of sp³-hybridized carbons (Fsp3) is 0.745. The molecule has 0 saturated heterocycles. The second-order valence-electron chi connectivity index (χ2n) is 15.7. The molecule has 1 heterocycles. The van der Waals surface area contributed by atoms with Gasteiger partial charge < -0.3 is 29.6 Å². The predicted octanol–water partition coefficient (Wildman–Crippen LogP) is 11.6. The summed E-state index contributed by atoms with van der Waals surface area (Å²) in [5.41, 5.74) is 8.03. The molecular weight excluding hydrogens is 769 g/mol. The van der Waals surface area contributed by atoms with Crippen LogP contribution in [-0.2, 0) is 45.5 Å². The average molecular weight is 852 g/mol. The molecule has 0 aliphatic carbocycles. The van der Waals surface area contributed by atoms with E-state index in [2.05, 4.69) is 39.8 Å². The normalized spacial score (nSPS) is 14.1. The highest BCUT2D eigenvalue weighted by atomic mass is 31.2. The Labute approximate surface area is 357 Å². The highest BCUT2D eigenvalue weighted by molar-refractivity contribution is 7.47. The van der Waals surface area contributed by atoms with Crippen LogP contribution < -0.4 is 5.73 Å². The maximum atomic E-state index is 12.6. The molecule has 0 saturated carbocycles. The molecule has 0 spiro atoms. The van der Waals surface area contributed by atoms with Gasteiger partial charge >= 0.3 is 19.8 Å². The van der Waals surface area contributed by atoms with E-state index >= 15 is 0 Å². The van der Waals surface area contributed by atoms with Gasteiger partial charge in [0.05, 0.1) is 19.3 Å². The molecular formula is C47H82NO10P. The Morgan fingerprint density at radius 2 is 1.27 bits per heavy atom. The van der Waals surface area contributed by atoms with Gasteiger partial charge in [-0.2, -0.15) is 0 Å². The third-order valence-corrected chi connectivity index (χ3v) is 11.3. The van der Waals surface area contributed by atoms with Crippen LogP contribution in [0.25, 0.3) is 0 Å². The largest absolute Gasteiger partial charge is 0.472 e. The molecule has 1 aromatic rings. The summed E-state index contributed by atoms with van der Waals surface area (Å²) in [5, 5.41) is 10.1. The van der Waals surface area contributed by atoms with Gasteiger partial charge in [-0.25, -0.2) is 4.57 Å². The van der Waals surface area contributed by atoms with Crippen LogP contribution in [0.2, 0.25) is 0 Å². The first-order chi connectivity index (χ1) is 28.5. The lowest BCUT2D eigenvalue weighted by Gasteiger charge is -2.19. The van der Waals surface area contributed by atoms with E-state index in [1.54, 1.807) is 6.08 Å². The molecule has 1 aromatic heterocycles. The number of phosphoric ester groups is 1. The number of furan rings is 1. The second kappa shape index (κ2) is 36.2. The third-order valence-electron chi connectivity index (χ3n) is 10.3. The lowest BCUT2D eigenvalue weighted by atomic mass is 10.0. The van der Waals surface area contributed by atoms with E-state index in [-0.39, 0.29) is 32.6 Å².